The molecule has 26 heavy (non-hydrogen) atoms. The molecule has 0 aliphatic rings. The summed E-state index contributed by atoms with van der Waals surface area (Å²) in [7, 11) is 0. The fraction of sp³-hybridized carbons (Fsp3) is 0.350. The van der Waals surface area contributed by atoms with Crippen molar-refractivity contribution in [2.75, 3.05) is 0 Å². The minimum Gasteiger partial charge on any atom is -0.481 e. The molecule has 0 fully saturated rings. The van der Waals surface area contributed by atoms with E-state index >= 15 is 0 Å². The molecular formula is C20H22N2O3S. The van der Waals surface area contributed by atoms with E-state index in [1.54, 1.807) is 18.4 Å². The van der Waals surface area contributed by atoms with Crippen molar-refractivity contribution in [3.05, 3.63) is 52.6 Å². The van der Waals surface area contributed by atoms with Crippen molar-refractivity contribution >= 4 is 27.5 Å². The normalized spacial score (nSPS) is 11.8. The number of nitrogens with zero attached hydrogens (tertiary/aromatic N) is 2. The highest BCUT2D eigenvalue weighted by molar-refractivity contribution is 7.21. The van der Waals surface area contributed by atoms with E-state index in [1.807, 2.05) is 43.3 Å². The summed E-state index contributed by atoms with van der Waals surface area (Å²) in [4.78, 5) is 31.0. The smallest absolute Gasteiger partial charge is 0.310 e. The van der Waals surface area contributed by atoms with Gasteiger partial charge >= 0.3 is 5.97 Å². The lowest BCUT2D eigenvalue weighted by Crippen LogP contribution is -2.36. The number of hydrogen-bond acceptors (Lipinski definition) is 4. The van der Waals surface area contributed by atoms with Gasteiger partial charge in [-0.15, -0.1) is 11.3 Å². The largest absolute Gasteiger partial charge is 0.481 e. The van der Waals surface area contributed by atoms with Gasteiger partial charge < -0.3 is 5.11 Å². The number of carbonyl (C=O) groups is 1. The van der Waals surface area contributed by atoms with Crippen LogP contribution in [0.25, 0.3) is 20.7 Å². The number of benzene rings is 1. The first kappa shape index (κ1) is 18.3. The molecule has 1 N–H and O–H groups in total. The van der Waals surface area contributed by atoms with Gasteiger partial charge in [-0.1, -0.05) is 37.3 Å². The maximum atomic E-state index is 13.1. The molecule has 0 saturated heterocycles. The van der Waals surface area contributed by atoms with Crippen molar-refractivity contribution in [1.29, 1.82) is 0 Å². The van der Waals surface area contributed by atoms with Crippen LogP contribution in [0.3, 0.4) is 0 Å². The van der Waals surface area contributed by atoms with Crippen molar-refractivity contribution in [1.82, 2.24) is 9.55 Å². The Balaban J connectivity index is 2.17. The lowest BCUT2D eigenvalue weighted by atomic mass is 9.93. The third kappa shape index (κ3) is 3.42. The predicted octanol–water partition coefficient (Wildman–Crippen LogP) is 4.19. The van der Waals surface area contributed by atoms with Gasteiger partial charge in [-0.05, 0) is 31.9 Å². The van der Waals surface area contributed by atoms with Crippen molar-refractivity contribution in [3.63, 3.8) is 0 Å². The summed E-state index contributed by atoms with van der Waals surface area (Å²) in [6, 6.07) is 11.8. The molecule has 136 valence electrons. The second-order valence-corrected chi connectivity index (χ2v) is 8.08. The van der Waals surface area contributed by atoms with Gasteiger partial charge in [0.15, 0.2) is 0 Å². The Morgan fingerprint density at radius 1 is 1.27 bits per heavy atom. The first-order valence-corrected chi connectivity index (χ1v) is 9.47. The minimum atomic E-state index is -1.04. The lowest BCUT2D eigenvalue weighted by molar-refractivity contribution is -0.147. The molecular weight excluding hydrogens is 348 g/mol. The van der Waals surface area contributed by atoms with Gasteiger partial charge in [-0.25, -0.2) is 4.98 Å². The third-order valence-electron chi connectivity index (χ3n) is 4.39. The Kier molecular flexibility index (Phi) is 4.96. The van der Waals surface area contributed by atoms with E-state index in [0.29, 0.717) is 22.5 Å². The molecule has 0 spiro atoms. The number of rotatable bonds is 6. The van der Waals surface area contributed by atoms with Crippen LogP contribution in [0.1, 0.15) is 33.0 Å². The Hall–Kier alpha value is -2.47. The number of aryl methyl sites for hydroxylation is 1. The van der Waals surface area contributed by atoms with Gasteiger partial charge in [-0.3, -0.25) is 14.2 Å². The second-order valence-electron chi connectivity index (χ2n) is 7.05. The Labute approximate surface area is 155 Å². The van der Waals surface area contributed by atoms with Crippen LogP contribution < -0.4 is 5.56 Å². The van der Waals surface area contributed by atoms with E-state index < -0.39 is 11.4 Å². The first-order chi connectivity index (χ1) is 12.3. The number of thiophene rings is 1. The van der Waals surface area contributed by atoms with Gasteiger partial charge in [0, 0.05) is 17.8 Å². The Bertz CT molecular complexity index is 1000. The van der Waals surface area contributed by atoms with Crippen molar-refractivity contribution < 1.29 is 9.90 Å². The highest BCUT2D eigenvalue weighted by atomic mass is 32.1. The van der Waals surface area contributed by atoms with Gasteiger partial charge in [0.2, 0.25) is 0 Å². The van der Waals surface area contributed by atoms with Crippen molar-refractivity contribution in [2.24, 2.45) is 5.41 Å². The fourth-order valence-electron chi connectivity index (χ4n) is 2.84. The SMILES string of the molecule is CCCc1nc2sc(-c3ccccc3)cc2c(=O)n1CC(C)(C)C(=O)O. The second kappa shape index (κ2) is 7.03. The molecule has 0 aliphatic carbocycles. The maximum Gasteiger partial charge on any atom is 0.310 e. The van der Waals surface area contributed by atoms with E-state index in [-0.39, 0.29) is 12.1 Å². The van der Waals surface area contributed by atoms with Crippen molar-refractivity contribution in [2.45, 2.75) is 40.2 Å². The number of carboxylic acids is 1. The van der Waals surface area contributed by atoms with Crippen LogP contribution >= 0.6 is 11.3 Å². The molecule has 0 saturated carbocycles. The van der Waals surface area contributed by atoms with Gasteiger partial charge in [0.1, 0.15) is 10.7 Å². The summed E-state index contributed by atoms with van der Waals surface area (Å²) in [6.07, 6.45) is 1.47. The standard InChI is InChI=1S/C20H22N2O3S/c1-4-8-16-21-17-14(11-15(26-17)13-9-6-5-7-10-13)18(23)22(16)12-20(2,3)19(24)25/h5-7,9-11H,4,8,12H2,1-3H3,(H,24,25). The molecule has 2 aromatic heterocycles. The number of aliphatic carboxylic acids is 1. The summed E-state index contributed by atoms with van der Waals surface area (Å²) in [5.41, 5.74) is -0.157. The molecule has 3 aromatic rings. The van der Waals surface area contributed by atoms with Crippen LogP contribution in [0, 0.1) is 5.41 Å². The van der Waals surface area contributed by atoms with Crippen LogP contribution in [0.2, 0.25) is 0 Å². The molecule has 0 unspecified atom stereocenters. The van der Waals surface area contributed by atoms with Gasteiger partial charge in [-0.2, -0.15) is 0 Å². The molecule has 0 aliphatic heterocycles. The Morgan fingerprint density at radius 3 is 2.58 bits per heavy atom. The summed E-state index contributed by atoms with van der Waals surface area (Å²) >= 11 is 1.50. The van der Waals surface area contributed by atoms with Crippen LogP contribution in [0.4, 0.5) is 0 Å². The highest BCUT2D eigenvalue weighted by Gasteiger charge is 2.29. The summed E-state index contributed by atoms with van der Waals surface area (Å²) < 4.78 is 1.54. The average molecular weight is 370 g/mol. The molecule has 0 atom stereocenters. The highest BCUT2D eigenvalue weighted by Crippen LogP contribution is 2.31. The number of hydrogen-bond donors (Lipinski definition) is 1. The molecule has 0 bridgehead atoms. The van der Waals surface area contributed by atoms with Crippen molar-refractivity contribution in [3.8, 4) is 10.4 Å². The summed E-state index contributed by atoms with van der Waals surface area (Å²) in [5, 5.41) is 10.00. The van der Waals surface area contributed by atoms with Gasteiger partial charge in [0.25, 0.3) is 5.56 Å². The zero-order chi connectivity index (χ0) is 18.9. The summed E-state index contributed by atoms with van der Waals surface area (Å²) in [6.45, 7) is 5.39. The minimum absolute atomic E-state index is 0.107. The zero-order valence-corrected chi connectivity index (χ0v) is 16.0. The zero-order valence-electron chi connectivity index (χ0n) is 15.2. The molecule has 2 heterocycles. The topological polar surface area (TPSA) is 72.2 Å². The molecule has 3 rings (SSSR count). The van der Waals surface area contributed by atoms with E-state index in [0.717, 1.165) is 16.9 Å². The third-order valence-corrected chi connectivity index (χ3v) is 5.47. The number of aromatic nitrogens is 2. The monoisotopic (exact) mass is 370 g/mol. The molecule has 6 heteroatoms. The van der Waals surface area contributed by atoms with E-state index in [1.165, 1.54) is 11.3 Å². The summed E-state index contributed by atoms with van der Waals surface area (Å²) in [5.74, 6) is -0.275. The molecule has 0 radical (unpaired) electrons. The molecule has 5 nitrogen and oxygen atoms in total. The average Bonchev–Trinajstić information content (AvgIpc) is 3.03. The fourth-order valence-corrected chi connectivity index (χ4v) is 3.89. The molecule has 0 amide bonds. The number of fused-ring (bicyclic) bond motifs is 1. The maximum absolute atomic E-state index is 13.1. The molecule has 1 aromatic carbocycles. The van der Waals surface area contributed by atoms with Crippen LogP contribution in [0.15, 0.2) is 41.2 Å². The van der Waals surface area contributed by atoms with E-state index in [9.17, 15) is 14.7 Å². The Morgan fingerprint density at radius 2 is 1.96 bits per heavy atom. The van der Waals surface area contributed by atoms with E-state index in [2.05, 4.69) is 0 Å². The first-order valence-electron chi connectivity index (χ1n) is 8.65. The van der Waals surface area contributed by atoms with Crippen LogP contribution in [-0.4, -0.2) is 20.6 Å². The van der Waals surface area contributed by atoms with Gasteiger partial charge in [0.05, 0.1) is 10.8 Å². The number of carboxylic acid groups (broad SMARTS) is 1. The quantitative estimate of drug-likeness (QED) is 0.706. The lowest BCUT2D eigenvalue weighted by Gasteiger charge is -2.22. The predicted molar refractivity (Wildman–Crippen MR) is 105 cm³/mol. The van der Waals surface area contributed by atoms with E-state index in [4.69, 9.17) is 4.98 Å². The van der Waals surface area contributed by atoms with Crippen LogP contribution in [0.5, 0.6) is 0 Å². The van der Waals surface area contributed by atoms with Crippen LogP contribution in [-0.2, 0) is 17.8 Å².